The summed E-state index contributed by atoms with van der Waals surface area (Å²) >= 11 is 0.866. The lowest BCUT2D eigenvalue weighted by molar-refractivity contribution is 0.0973. The zero-order valence-corrected chi connectivity index (χ0v) is 17.9. The van der Waals surface area contributed by atoms with Gasteiger partial charge in [-0.05, 0) is 55.3 Å². The van der Waals surface area contributed by atoms with Gasteiger partial charge in [0.25, 0.3) is 0 Å². The fraction of sp³-hybridized carbons (Fsp3) is 0.0833. The van der Waals surface area contributed by atoms with Crippen LogP contribution in [-0.4, -0.2) is 11.6 Å². The zero-order chi connectivity index (χ0) is 22.0. The standard InChI is InChI=1S/C24H21N3O3S/c1-14-11-15(2)13-16(12-14)26-21-22(27-31-30-17-7-4-3-5-8-17)23(28)18-9-6-10-19(25)20(18)24(21)29/h3-13,26-27H,25H2,1-2H3. The maximum Gasteiger partial charge on any atom is 0.214 e. The van der Waals surface area contributed by atoms with Crippen molar-refractivity contribution in [2.24, 2.45) is 0 Å². The van der Waals surface area contributed by atoms with Crippen molar-refractivity contribution in [3.8, 4) is 5.75 Å². The van der Waals surface area contributed by atoms with E-state index in [9.17, 15) is 9.59 Å². The quantitative estimate of drug-likeness (QED) is 0.293. The molecule has 3 aromatic rings. The maximum atomic E-state index is 13.4. The monoisotopic (exact) mass is 431 g/mol. The molecule has 0 heterocycles. The SMILES string of the molecule is Cc1cc(C)cc(NC2=C(NSOc3ccccc3)C(=O)c3cccc(N)c3C2=O)c1. The van der Waals surface area contributed by atoms with Crippen LogP contribution in [0.15, 0.2) is 78.1 Å². The molecule has 0 spiro atoms. The third-order valence-electron chi connectivity index (χ3n) is 4.79. The molecule has 0 aliphatic heterocycles. The lowest BCUT2D eigenvalue weighted by atomic mass is 9.89. The Morgan fingerprint density at radius 3 is 2.26 bits per heavy atom. The number of nitrogens with one attached hydrogen (secondary N) is 2. The van der Waals surface area contributed by atoms with E-state index in [0.717, 1.165) is 23.4 Å². The minimum absolute atomic E-state index is 0.114. The third-order valence-corrected chi connectivity index (χ3v) is 5.35. The molecule has 1 aliphatic rings. The molecule has 0 unspecified atom stereocenters. The molecule has 0 radical (unpaired) electrons. The van der Waals surface area contributed by atoms with Crippen LogP contribution in [0.1, 0.15) is 31.8 Å². The number of Topliss-reactive ketones (excluding diaryl/α,β-unsaturated/α-hetero) is 2. The second-order valence-electron chi connectivity index (χ2n) is 7.26. The van der Waals surface area contributed by atoms with Gasteiger partial charge in [0.15, 0.2) is 12.2 Å². The fourth-order valence-corrected chi connectivity index (χ4v) is 4.02. The number of carbonyl (C=O) groups excluding carboxylic acids is 2. The van der Waals surface area contributed by atoms with Crippen LogP contribution >= 0.6 is 12.2 Å². The molecule has 156 valence electrons. The van der Waals surface area contributed by atoms with Gasteiger partial charge < -0.3 is 15.2 Å². The number of nitrogens with two attached hydrogens (primary N) is 1. The predicted molar refractivity (Wildman–Crippen MR) is 124 cm³/mol. The van der Waals surface area contributed by atoms with E-state index in [1.807, 2.05) is 50.2 Å². The van der Waals surface area contributed by atoms with Crippen LogP contribution in [0.25, 0.3) is 0 Å². The maximum absolute atomic E-state index is 13.4. The zero-order valence-electron chi connectivity index (χ0n) is 17.1. The molecule has 0 atom stereocenters. The van der Waals surface area contributed by atoms with E-state index in [-0.39, 0.29) is 39.8 Å². The molecular weight excluding hydrogens is 410 g/mol. The van der Waals surface area contributed by atoms with Crippen LogP contribution in [0.3, 0.4) is 0 Å². The van der Waals surface area contributed by atoms with E-state index in [0.29, 0.717) is 11.4 Å². The molecule has 4 rings (SSSR count). The van der Waals surface area contributed by atoms with Crippen LogP contribution in [-0.2, 0) is 0 Å². The summed E-state index contributed by atoms with van der Waals surface area (Å²) < 4.78 is 8.51. The molecule has 31 heavy (non-hydrogen) atoms. The number of benzene rings is 3. The van der Waals surface area contributed by atoms with Gasteiger partial charge in [0, 0.05) is 16.9 Å². The molecule has 0 saturated heterocycles. The summed E-state index contributed by atoms with van der Waals surface area (Å²) in [5.41, 5.74) is 9.81. The van der Waals surface area contributed by atoms with E-state index < -0.39 is 0 Å². The van der Waals surface area contributed by atoms with Crippen LogP contribution < -0.4 is 20.0 Å². The minimum Gasteiger partial charge on any atom is -0.405 e. The molecule has 6 nitrogen and oxygen atoms in total. The van der Waals surface area contributed by atoms with Gasteiger partial charge >= 0.3 is 0 Å². The van der Waals surface area contributed by atoms with E-state index in [1.165, 1.54) is 0 Å². The van der Waals surface area contributed by atoms with Crippen molar-refractivity contribution in [2.75, 3.05) is 11.1 Å². The number of aryl methyl sites for hydroxylation is 2. The number of ketones is 2. The first-order valence-corrected chi connectivity index (χ1v) is 10.4. The number of allylic oxidation sites excluding steroid dienone is 2. The molecule has 0 amide bonds. The lowest BCUT2D eigenvalue weighted by Crippen LogP contribution is -2.32. The lowest BCUT2D eigenvalue weighted by Gasteiger charge is -2.23. The van der Waals surface area contributed by atoms with Gasteiger partial charge in [-0.3, -0.25) is 14.3 Å². The Kier molecular flexibility index (Phi) is 5.68. The first-order valence-electron chi connectivity index (χ1n) is 9.66. The van der Waals surface area contributed by atoms with Gasteiger partial charge in [-0.15, -0.1) is 0 Å². The van der Waals surface area contributed by atoms with E-state index >= 15 is 0 Å². The first kappa shape index (κ1) is 20.6. The van der Waals surface area contributed by atoms with E-state index in [4.69, 9.17) is 9.92 Å². The Morgan fingerprint density at radius 1 is 0.839 bits per heavy atom. The van der Waals surface area contributed by atoms with Crippen molar-refractivity contribution < 1.29 is 13.8 Å². The van der Waals surface area contributed by atoms with Crippen molar-refractivity contribution in [1.82, 2.24) is 4.72 Å². The summed E-state index contributed by atoms with van der Waals surface area (Å²) in [6, 6.07) is 19.9. The molecule has 0 aromatic heterocycles. The molecule has 0 bridgehead atoms. The minimum atomic E-state index is -0.352. The topological polar surface area (TPSA) is 93.4 Å². The molecule has 0 fully saturated rings. The summed E-state index contributed by atoms with van der Waals surface area (Å²) in [6.45, 7) is 3.94. The molecule has 1 aliphatic carbocycles. The molecule has 4 N–H and O–H groups in total. The van der Waals surface area contributed by atoms with Gasteiger partial charge in [-0.25, -0.2) is 0 Å². The summed E-state index contributed by atoms with van der Waals surface area (Å²) in [7, 11) is 0. The number of hydrogen-bond donors (Lipinski definition) is 3. The van der Waals surface area contributed by atoms with Crippen molar-refractivity contribution in [3.05, 3.63) is 100 Å². The predicted octanol–water partition coefficient (Wildman–Crippen LogP) is 4.82. The molecule has 0 saturated carbocycles. The highest BCUT2D eigenvalue weighted by Crippen LogP contribution is 2.31. The van der Waals surface area contributed by atoms with Crippen molar-refractivity contribution >= 4 is 35.2 Å². The number of hydrogen-bond acceptors (Lipinski definition) is 7. The molecule has 7 heteroatoms. The van der Waals surface area contributed by atoms with Gasteiger partial charge in [0.2, 0.25) is 11.6 Å². The largest absolute Gasteiger partial charge is 0.405 e. The first-order chi connectivity index (χ1) is 14.9. The smallest absolute Gasteiger partial charge is 0.214 e. The van der Waals surface area contributed by atoms with Crippen molar-refractivity contribution in [3.63, 3.8) is 0 Å². The highest BCUT2D eigenvalue weighted by atomic mass is 32.2. The number of rotatable bonds is 6. The Hall–Kier alpha value is -3.71. The Balaban J connectivity index is 1.71. The van der Waals surface area contributed by atoms with Gasteiger partial charge in [0.1, 0.15) is 17.1 Å². The summed E-state index contributed by atoms with van der Waals surface area (Å²) in [4.78, 5) is 26.6. The third kappa shape index (κ3) is 4.27. The van der Waals surface area contributed by atoms with Crippen LogP contribution in [0.2, 0.25) is 0 Å². The average Bonchev–Trinajstić information content (AvgIpc) is 2.74. The highest BCUT2D eigenvalue weighted by Gasteiger charge is 2.34. The molecular formula is C24H21N3O3S. The Morgan fingerprint density at radius 2 is 1.55 bits per heavy atom. The van der Waals surface area contributed by atoms with Gasteiger partial charge in [0.05, 0.1) is 5.56 Å². The van der Waals surface area contributed by atoms with Gasteiger partial charge in [-0.2, -0.15) is 0 Å². The van der Waals surface area contributed by atoms with E-state index in [1.54, 1.807) is 30.3 Å². The normalized spacial score (nSPS) is 13.1. The van der Waals surface area contributed by atoms with Crippen molar-refractivity contribution in [1.29, 1.82) is 0 Å². The number of fused-ring (bicyclic) bond motifs is 1. The summed E-state index contributed by atoms with van der Waals surface area (Å²) in [5.74, 6) is -0.0729. The number of para-hydroxylation sites is 1. The number of carbonyl (C=O) groups is 2. The Bertz CT molecular complexity index is 1190. The number of anilines is 2. The fourth-order valence-electron chi connectivity index (χ4n) is 3.49. The summed E-state index contributed by atoms with van der Waals surface area (Å²) in [5, 5.41) is 3.13. The molecule has 3 aromatic carbocycles. The van der Waals surface area contributed by atoms with Crippen LogP contribution in [0.4, 0.5) is 11.4 Å². The second kappa shape index (κ2) is 8.57. The van der Waals surface area contributed by atoms with Crippen LogP contribution in [0, 0.1) is 13.8 Å². The second-order valence-corrected chi connectivity index (χ2v) is 7.80. The highest BCUT2D eigenvalue weighted by molar-refractivity contribution is 7.93. The average molecular weight is 432 g/mol. The Labute approximate surface area is 184 Å². The summed E-state index contributed by atoms with van der Waals surface area (Å²) in [6.07, 6.45) is 0. The van der Waals surface area contributed by atoms with Gasteiger partial charge in [-0.1, -0.05) is 36.4 Å². The van der Waals surface area contributed by atoms with Crippen LogP contribution in [0.5, 0.6) is 5.75 Å². The van der Waals surface area contributed by atoms with Crippen molar-refractivity contribution in [2.45, 2.75) is 13.8 Å². The van der Waals surface area contributed by atoms with E-state index in [2.05, 4.69) is 10.0 Å². The number of nitrogen functional groups attached to an aromatic ring is 1.